The fourth-order valence-electron chi connectivity index (χ4n) is 3.35. The Balaban J connectivity index is 1.36. The molecule has 2 amide bonds. The molecule has 0 atom stereocenters. The molecule has 0 saturated carbocycles. The van der Waals surface area contributed by atoms with E-state index in [0.29, 0.717) is 34.9 Å². The van der Waals surface area contributed by atoms with Crippen molar-refractivity contribution >= 4 is 39.1 Å². The van der Waals surface area contributed by atoms with Crippen molar-refractivity contribution in [2.75, 3.05) is 30.0 Å². The molecule has 1 N–H and O–H groups in total. The van der Waals surface area contributed by atoms with E-state index in [1.807, 2.05) is 31.2 Å². The Morgan fingerprint density at radius 3 is 2.69 bits per heavy atom. The molecule has 8 heteroatoms. The maximum absolute atomic E-state index is 12.5. The summed E-state index contributed by atoms with van der Waals surface area (Å²) in [5, 5.41) is 2.79. The third kappa shape index (κ3) is 5.31. The minimum Gasteiger partial charge on any atom is -0.494 e. The van der Waals surface area contributed by atoms with E-state index >= 15 is 0 Å². The first-order valence-electron chi connectivity index (χ1n) is 10.3. The predicted molar refractivity (Wildman–Crippen MR) is 125 cm³/mol. The summed E-state index contributed by atoms with van der Waals surface area (Å²) in [5.74, 6) is 1.15. The number of nitrogens with one attached hydrogen (secondary N) is 1. The van der Waals surface area contributed by atoms with Crippen LogP contribution < -0.4 is 19.7 Å². The Kier molecular flexibility index (Phi) is 6.80. The van der Waals surface area contributed by atoms with Crippen molar-refractivity contribution in [1.82, 2.24) is 0 Å². The number of carbonyl (C=O) groups is 2. The van der Waals surface area contributed by atoms with Gasteiger partial charge in [0, 0.05) is 12.2 Å². The number of amides is 2. The van der Waals surface area contributed by atoms with Crippen LogP contribution in [0.5, 0.6) is 11.5 Å². The van der Waals surface area contributed by atoms with E-state index < -0.39 is 0 Å². The van der Waals surface area contributed by atoms with E-state index in [-0.39, 0.29) is 24.2 Å². The molecule has 0 fully saturated rings. The number of halogens is 1. The van der Waals surface area contributed by atoms with Crippen molar-refractivity contribution in [2.24, 2.45) is 0 Å². The number of ether oxygens (including phenoxy) is 2. The summed E-state index contributed by atoms with van der Waals surface area (Å²) < 4.78 is 17.1. The van der Waals surface area contributed by atoms with Crippen LogP contribution in [0.25, 0.3) is 0 Å². The highest BCUT2D eigenvalue weighted by Gasteiger charge is 2.26. The molecule has 0 spiro atoms. The largest absolute Gasteiger partial charge is 0.494 e. The zero-order chi connectivity index (χ0) is 22.5. The van der Waals surface area contributed by atoms with Crippen LogP contribution in [0.15, 0.2) is 63.7 Å². The lowest BCUT2D eigenvalue weighted by Gasteiger charge is -2.30. The Morgan fingerprint density at radius 1 is 1.12 bits per heavy atom. The van der Waals surface area contributed by atoms with Gasteiger partial charge in [-0.15, -0.1) is 0 Å². The summed E-state index contributed by atoms with van der Waals surface area (Å²) in [6, 6.07) is 16.4. The van der Waals surface area contributed by atoms with Gasteiger partial charge >= 0.3 is 0 Å². The third-order valence-corrected chi connectivity index (χ3v) is 5.45. The molecule has 32 heavy (non-hydrogen) atoms. The second-order valence-electron chi connectivity index (χ2n) is 7.44. The number of anilines is 2. The van der Waals surface area contributed by atoms with Crippen LogP contribution in [0, 0.1) is 6.92 Å². The van der Waals surface area contributed by atoms with Crippen LogP contribution in [0.2, 0.25) is 0 Å². The number of hydrogen-bond acceptors (Lipinski definition) is 5. The average Bonchev–Trinajstić information content (AvgIpc) is 3.22. The van der Waals surface area contributed by atoms with Crippen molar-refractivity contribution < 1.29 is 23.5 Å². The fourth-order valence-corrected chi connectivity index (χ4v) is 3.66. The zero-order valence-corrected chi connectivity index (χ0v) is 19.2. The fraction of sp³-hybridized carbons (Fsp3) is 0.250. The molecule has 4 rings (SSSR count). The maximum atomic E-state index is 12.5. The molecule has 0 saturated heterocycles. The molecule has 0 aliphatic carbocycles. The van der Waals surface area contributed by atoms with Crippen molar-refractivity contribution in [3.05, 3.63) is 70.6 Å². The molecule has 3 aromatic rings. The zero-order valence-electron chi connectivity index (χ0n) is 17.6. The predicted octanol–water partition coefficient (Wildman–Crippen LogP) is 5.19. The molecule has 2 heterocycles. The Labute approximate surface area is 194 Å². The van der Waals surface area contributed by atoms with Crippen LogP contribution in [0.4, 0.5) is 11.4 Å². The number of aryl methyl sites for hydroxylation is 1. The second kappa shape index (κ2) is 9.91. The Bertz CT molecular complexity index is 1110. The van der Waals surface area contributed by atoms with E-state index in [1.54, 1.807) is 35.2 Å². The monoisotopic (exact) mass is 498 g/mol. The van der Waals surface area contributed by atoms with E-state index in [1.165, 1.54) is 5.56 Å². The van der Waals surface area contributed by atoms with E-state index in [2.05, 4.69) is 21.2 Å². The lowest BCUT2D eigenvalue weighted by Crippen LogP contribution is -2.39. The molecule has 1 aromatic heterocycles. The van der Waals surface area contributed by atoms with Crippen molar-refractivity contribution in [3.8, 4) is 11.5 Å². The van der Waals surface area contributed by atoms with Gasteiger partial charge in [0.1, 0.15) is 11.5 Å². The molecule has 1 aliphatic rings. The molecular weight excluding hydrogens is 476 g/mol. The van der Waals surface area contributed by atoms with Gasteiger partial charge in [-0.05, 0) is 78.2 Å². The number of nitrogens with zero attached hydrogens (tertiary/aromatic N) is 1. The van der Waals surface area contributed by atoms with Crippen LogP contribution in [0.3, 0.4) is 0 Å². The lowest BCUT2D eigenvalue weighted by molar-refractivity contribution is -0.121. The summed E-state index contributed by atoms with van der Waals surface area (Å²) >= 11 is 3.18. The van der Waals surface area contributed by atoms with Gasteiger partial charge in [0.25, 0.3) is 11.8 Å². The number of rotatable bonds is 8. The highest BCUT2D eigenvalue weighted by atomic mass is 79.9. The van der Waals surface area contributed by atoms with Crippen LogP contribution in [-0.4, -0.2) is 31.6 Å². The van der Waals surface area contributed by atoms with Gasteiger partial charge < -0.3 is 24.1 Å². The highest BCUT2D eigenvalue weighted by molar-refractivity contribution is 9.10. The van der Waals surface area contributed by atoms with Gasteiger partial charge in [0.2, 0.25) is 0 Å². The number of furan rings is 1. The van der Waals surface area contributed by atoms with Gasteiger partial charge in [-0.25, -0.2) is 0 Å². The third-order valence-electron chi connectivity index (χ3n) is 5.02. The smallest absolute Gasteiger partial charge is 0.291 e. The number of carbonyl (C=O) groups excluding carboxylic acids is 2. The van der Waals surface area contributed by atoms with Crippen molar-refractivity contribution in [3.63, 3.8) is 0 Å². The molecule has 0 unspecified atom stereocenters. The first-order chi connectivity index (χ1) is 15.5. The van der Waals surface area contributed by atoms with Gasteiger partial charge in [-0.2, -0.15) is 0 Å². The first kappa shape index (κ1) is 22.0. The van der Waals surface area contributed by atoms with Crippen LogP contribution >= 0.6 is 15.9 Å². The van der Waals surface area contributed by atoms with Gasteiger partial charge in [-0.3, -0.25) is 9.59 Å². The molecule has 2 aromatic carbocycles. The van der Waals surface area contributed by atoms with Crippen molar-refractivity contribution in [1.29, 1.82) is 0 Å². The minimum absolute atomic E-state index is 0.000998. The van der Waals surface area contributed by atoms with Crippen LogP contribution in [0.1, 0.15) is 29.0 Å². The molecule has 7 nitrogen and oxygen atoms in total. The molecule has 0 radical (unpaired) electrons. The van der Waals surface area contributed by atoms with E-state index in [0.717, 1.165) is 18.6 Å². The summed E-state index contributed by atoms with van der Waals surface area (Å²) in [5.41, 5.74) is 2.38. The van der Waals surface area contributed by atoms with Gasteiger partial charge in [0.15, 0.2) is 17.0 Å². The average molecular weight is 499 g/mol. The standard InChI is InChI=1S/C24H23BrN2O5/c1-16-4-7-18(8-5-16)30-13-3-2-12-27-19-14-17(6-9-20(19)31-15-23(27)28)26-24(29)21-10-11-22(25)32-21/h4-11,14H,2-3,12-13,15H2,1H3,(H,26,29). The summed E-state index contributed by atoms with van der Waals surface area (Å²) in [4.78, 5) is 26.6. The topological polar surface area (TPSA) is 81.0 Å². The SMILES string of the molecule is Cc1ccc(OCCCCN2C(=O)COc3ccc(NC(=O)c4ccc(Br)o4)cc32)cc1. The number of fused-ring (bicyclic) bond motifs is 1. The normalized spacial score (nSPS) is 12.8. The first-order valence-corrected chi connectivity index (χ1v) is 11.1. The molecule has 166 valence electrons. The Hall–Kier alpha value is -3.26. The summed E-state index contributed by atoms with van der Waals surface area (Å²) in [7, 11) is 0. The Morgan fingerprint density at radius 2 is 1.94 bits per heavy atom. The second-order valence-corrected chi connectivity index (χ2v) is 8.22. The van der Waals surface area contributed by atoms with Gasteiger partial charge in [0.05, 0.1) is 12.3 Å². The molecular formula is C24H23BrN2O5. The molecule has 0 bridgehead atoms. The summed E-state index contributed by atoms with van der Waals surface area (Å²) in [6.45, 7) is 3.14. The molecule has 1 aliphatic heterocycles. The minimum atomic E-state index is -0.376. The quantitative estimate of drug-likeness (QED) is 0.432. The highest BCUT2D eigenvalue weighted by Crippen LogP contribution is 2.35. The summed E-state index contributed by atoms with van der Waals surface area (Å²) in [6.07, 6.45) is 1.58. The number of unbranched alkanes of at least 4 members (excludes halogenated alkanes) is 1. The van der Waals surface area contributed by atoms with Crippen LogP contribution in [-0.2, 0) is 4.79 Å². The van der Waals surface area contributed by atoms with E-state index in [9.17, 15) is 9.59 Å². The number of benzene rings is 2. The van der Waals surface area contributed by atoms with Crippen molar-refractivity contribution in [2.45, 2.75) is 19.8 Å². The number of hydrogen-bond donors (Lipinski definition) is 1. The van der Waals surface area contributed by atoms with Gasteiger partial charge in [-0.1, -0.05) is 17.7 Å². The lowest BCUT2D eigenvalue weighted by atomic mass is 10.2. The maximum Gasteiger partial charge on any atom is 0.291 e. The van der Waals surface area contributed by atoms with E-state index in [4.69, 9.17) is 13.9 Å².